The lowest BCUT2D eigenvalue weighted by Gasteiger charge is -2.72. The summed E-state index contributed by atoms with van der Waals surface area (Å²) in [6.07, 6.45) is 13.3. The van der Waals surface area contributed by atoms with Gasteiger partial charge in [-0.1, -0.05) is 41.0 Å². The fourth-order valence-electron chi connectivity index (χ4n) is 12.5. The molecule has 9 atom stereocenters. The zero-order chi connectivity index (χ0) is 32.3. The van der Waals surface area contributed by atoms with E-state index in [1.54, 1.807) is 13.8 Å². The van der Waals surface area contributed by atoms with Gasteiger partial charge in [-0.15, -0.1) is 0 Å². The number of carbonyl (C=O) groups is 3. The molecule has 0 saturated heterocycles. The Morgan fingerprint density at radius 1 is 0.886 bits per heavy atom. The summed E-state index contributed by atoms with van der Waals surface area (Å²) in [5.41, 5.74) is -0.557. The highest BCUT2D eigenvalue weighted by atomic mass is 16.5. The Morgan fingerprint density at radius 3 is 2.30 bits per heavy atom. The monoisotopic (exact) mass is 610 g/mol. The third-order valence-corrected chi connectivity index (χ3v) is 15.0. The lowest BCUT2D eigenvalue weighted by molar-refractivity contribution is -0.248. The Bertz CT molecular complexity index is 1200. The molecule has 7 nitrogen and oxygen atoms in total. The molecule has 2 N–H and O–H groups in total. The van der Waals surface area contributed by atoms with Crippen molar-refractivity contribution in [1.29, 1.82) is 5.26 Å². The number of aliphatic carboxylic acids is 1. The molecule has 44 heavy (non-hydrogen) atoms. The van der Waals surface area contributed by atoms with E-state index in [1.165, 1.54) is 38.5 Å². The molecule has 0 spiro atoms. The first-order valence-corrected chi connectivity index (χ1v) is 17.5. The number of amides is 1. The molecule has 5 rings (SSSR count). The van der Waals surface area contributed by atoms with Crippen molar-refractivity contribution in [3.63, 3.8) is 0 Å². The number of carboxylic acids is 1. The maximum Gasteiger partial charge on any atom is 0.309 e. The number of carboxylic acid groups (broad SMARTS) is 1. The molecule has 5 saturated carbocycles. The summed E-state index contributed by atoms with van der Waals surface area (Å²) in [4.78, 5) is 37.6. The Hall–Kier alpha value is -2.10. The summed E-state index contributed by atoms with van der Waals surface area (Å²) in [6, 6.07) is 2.14. The van der Waals surface area contributed by atoms with E-state index in [1.807, 2.05) is 0 Å². The molecule has 0 aromatic carbocycles. The normalized spacial score (nSPS) is 42.5. The average molecular weight is 611 g/mol. The van der Waals surface area contributed by atoms with E-state index < -0.39 is 17.4 Å². The van der Waals surface area contributed by atoms with Crippen LogP contribution >= 0.6 is 0 Å². The highest BCUT2D eigenvalue weighted by Crippen LogP contribution is 2.77. The van der Waals surface area contributed by atoms with Crippen LogP contribution in [0.15, 0.2) is 0 Å². The molecule has 2 unspecified atom stereocenters. The Kier molecular flexibility index (Phi) is 8.55. The number of esters is 1. The van der Waals surface area contributed by atoms with Crippen LogP contribution in [0, 0.1) is 67.5 Å². The first kappa shape index (κ1) is 33.3. The zero-order valence-electron chi connectivity index (χ0n) is 28.5. The minimum atomic E-state index is -1.14. The van der Waals surface area contributed by atoms with Crippen LogP contribution in [0.1, 0.15) is 138 Å². The maximum atomic E-state index is 13.0. The molecule has 5 aliphatic carbocycles. The van der Waals surface area contributed by atoms with Crippen molar-refractivity contribution < 1.29 is 24.2 Å². The fraction of sp³-hybridized carbons (Fsp3) is 0.892. The third-order valence-electron chi connectivity index (χ3n) is 15.0. The van der Waals surface area contributed by atoms with E-state index in [-0.39, 0.29) is 45.5 Å². The number of nitriles is 1. The second-order valence-corrected chi connectivity index (χ2v) is 17.7. The minimum Gasteiger partial charge on any atom is -0.481 e. The van der Waals surface area contributed by atoms with Crippen LogP contribution in [0.4, 0.5) is 0 Å². The van der Waals surface area contributed by atoms with E-state index in [4.69, 9.17) is 10.00 Å². The number of rotatable bonds is 8. The summed E-state index contributed by atoms with van der Waals surface area (Å²) in [7, 11) is 0. The molecule has 0 heterocycles. The second kappa shape index (κ2) is 11.3. The maximum absolute atomic E-state index is 13.0. The van der Waals surface area contributed by atoms with E-state index in [9.17, 15) is 19.5 Å². The largest absolute Gasteiger partial charge is 0.481 e. The molecule has 7 heteroatoms. The number of nitrogens with one attached hydrogen (secondary N) is 1. The molecule has 246 valence electrons. The number of carbonyl (C=O) groups excluding carboxylic acids is 2. The lowest BCUT2D eigenvalue weighted by atomic mass is 9.32. The van der Waals surface area contributed by atoms with Crippen LogP contribution in [0.25, 0.3) is 0 Å². The topological polar surface area (TPSA) is 116 Å². The van der Waals surface area contributed by atoms with Crippen LogP contribution in [0.2, 0.25) is 0 Å². The quantitative estimate of drug-likeness (QED) is 0.215. The number of fused-ring (bicyclic) bond motifs is 7. The van der Waals surface area contributed by atoms with Crippen LogP contribution < -0.4 is 5.32 Å². The van der Waals surface area contributed by atoms with Crippen molar-refractivity contribution in [2.45, 2.75) is 144 Å². The van der Waals surface area contributed by atoms with Gasteiger partial charge in [-0.05, 0) is 123 Å². The standard InChI is InChI=1S/C37H58N2O5/c1-32(2,31(42)43)23-30(41)44-28-14-16-34(5)26(33(28,3)4)13-17-36(7)27(34)12-11-24-25-10-8-15-37(25,19-18-35(24,36)6)22-29(40)39-21-9-20-38/h24-28H,8-19,21-23H2,1-7H3,(H,39,40)(H,42,43)/t24-,25-,26?,27?,28+,34+,35-,36-,37-/m1/s1. The van der Waals surface area contributed by atoms with Crippen molar-refractivity contribution >= 4 is 17.8 Å². The number of nitrogens with zero attached hydrogens (tertiary/aromatic N) is 1. The minimum absolute atomic E-state index is 0.110. The van der Waals surface area contributed by atoms with Crippen molar-refractivity contribution in [2.24, 2.45) is 56.2 Å². The van der Waals surface area contributed by atoms with Crippen molar-refractivity contribution in [3.8, 4) is 6.07 Å². The summed E-state index contributed by atoms with van der Waals surface area (Å²) in [5, 5.41) is 21.5. The molecule has 0 aromatic rings. The molecule has 1 amide bonds. The number of ether oxygens (including phenoxy) is 1. The van der Waals surface area contributed by atoms with Gasteiger partial charge in [0.05, 0.1) is 24.3 Å². The summed E-state index contributed by atoms with van der Waals surface area (Å²) < 4.78 is 6.12. The SMILES string of the molecule is CC(C)(CC(=O)O[C@H]1CC[C@@]2(C)C(CC[C@]3(C)C2CC[C@@H]2[C@H]4CCC[C@]4(CC(=O)NCCC#N)CC[C@]23C)C1(C)C)C(=O)O. The van der Waals surface area contributed by atoms with Crippen LogP contribution in [0.5, 0.6) is 0 Å². The van der Waals surface area contributed by atoms with Gasteiger partial charge in [0.15, 0.2) is 0 Å². The Labute approximate surface area is 265 Å². The van der Waals surface area contributed by atoms with Crippen molar-refractivity contribution in [1.82, 2.24) is 5.32 Å². The number of hydrogen-bond acceptors (Lipinski definition) is 5. The van der Waals surface area contributed by atoms with Gasteiger partial charge in [-0.25, -0.2) is 0 Å². The molecule has 0 radical (unpaired) electrons. The molecule has 0 aromatic heterocycles. The summed E-state index contributed by atoms with van der Waals surface area (Å²) >= 11 is 0. The highest BCUT2D eigenvalue weighted by Gasteiger charge is 2.70. The van der Waals surface area contributed by atoms with E-state index in [0.29, 0.717) is 43.1 Å². The summed E-state index contributed by atoms with van der Waals surface area (Å²) in [5.74, 6) is 1.07. The van der Waals surface area contributed by atoms with Gasteiger partial charge >= 0.3 is 11.9 Å². The lowest BCUT2D eigenvalue weighted by Crippen LogP contribution is -2.66. The Balaban J connectivity index is 1.34. The molecular weight excluding hydrogens is 552 g/mol. The van der Waals surface area contributed by atoms with Gasteiger partial charge in [0.2, 0.25) is 5.91 Å². The molecule has 0 aliphatic heterocycles. The van der Waals surface area contributed by atoms with E-state index in [0.717, 1.165) is 32.1 Å². The van der Waals surface area contributed by atoms with Gasteiger partial charge in [0.25, 0.3) is 0 Å². The van der Waals surface area contributed by atoms with Crippen LogP contribution in [-0.4, -0.2) is 35.6 Å². The highest BCUT2D eigenvalue weighted by molar-refractivity contribution is 5.81. The first-order valence-electron chi connectivity index (χ1n) is 17.5. The predicted octanol–water partition coefficient (Wildman–Crippen LogP) is 7.67. The summed E-state index contributed by atoms with van der Waals surface area (Å²) in [6.45, 7) is 16.0. The van der Waals surface area contributed by atoms with E-state index in [2.05, 4.69) is 46.0 Å². The zero-order valence-corrected chi connectivity index (χ0v) is 28.5. The average Bonchev–Trinajstić information content (AvgIpc) is 3.34. The van der Waals surface area contributed by atoms with Gasteiger partial charge < -0.3 is 15.2 Å². The van der Waals surface area contributed by atoms with Gasteiger partial charge in [-0.3, -0.25) is 14.4 Å². The first-order chi connectivity index (χ1) is 20.5. The number of hydrogen-bond donors (Lipinski definition) is 2. The van der Waals surface area contributed by atoms with Crippen LogP contribution in [0.3, 0.4) is 0 Å². The molecule has 5 aliphatic rings. The van der Waals surface area contributed by atoms with Gasteiger partial charge in [0, 0.05) is 18.4 Å². The van der Waals surface area contributed by atoms with Crippen LogP contribution in [-0.2, 0) is 19.1 Å². The van der Waals surface area contributed by atoms with Crippen molar-refractivity contribution in [2.75, 3.05) is 6.54 Å². The third kappa shape index (κ3) is 5.09. The van der Waals surface area contributed by atoms with Gasteiger partial charge in [0.1, 0.15) is 6.10 Å². The predicted molar refractivity (Wildman–Crippen MR) is 169 cm³/mol. The Morgan fingerprint density at radius 2 is 1.61 bits per heavy atom. The molecule has 5 fully saturated rings. The van der Waals surface area contributed by atoms with Crippen molar-refractivity contribution in [3.05, 3.63) is 0 Å². The fourth-order valence-corrected chi connectivity index (χ4v) is 12.5. The molecular formula is C37H58N2O5. The van der Waals surface area contributed by atoms with E-state index >= 15 is 0 Å². The molecule has 0 bridgehead atoms. The van der Waals surface area contributed by atoms with Gasteiger partial charge in [-0.2, -0.15) is 5.26 Å². The smallest absolute Gasteiger partial charge is 0.309 e. The second-order valence-electron chi connectivity index (χ2n) is 17.7.